The van der Waals surface area contributed by atoms with E-state index in [1.807, 2.05) is 0 Å². The van der Waals surface area contributed by atoms with Gasteiger partial charge in [-0.05, 0) is 36.5 Å². The van der Waals surface area contributed by atoms with E-state index in [-0.39, 0.29) is 0 Å². The highest BCUT2D eigenvalue weighted by Crippen LogP contribution is 2.48. The minimum absolute atomic E-state index is 0.355. The zero-order valence-corrected chi connectivity index (χ0v) is 12.5. The average molecular weight is 296 g/mol. The Bertz CT molecular complexity index is 388. The first-order valence-electron chi connectivity index (χ1n) is 6.54. The fourth-order valence-electron chi connectivity index (χ4n) is 2.76. The SMILES string of the molecule is CC(C)NCC1(c2cccc(Br)c2)CCC1C. The van der Waals surface area contributed by atoms with Crippen LogP contribution in [0.1, 0.15) is 39.2 Å². The quantitative estimate of drug-likeness (QED) is 0.881. The van der Waals surface area contributed by atoms with Crippen LogP contribution in [-0.4, -0.2) is 12.6 Å². The lowest BCUT2D eigenvalue weighted by Gasteiger charge is -2.49. The van der Waals surface area contributed by atoms with Crippen molar-refractivity contribution in [3.63, 3.8) is 0 Å². The summed E-state index contributed by atoms with van der Waals surface area (Å²) >= 11 is 3.59. The molecule has 0 spiro atoms. The van der Waals surface area contributed by atoms with Gasteiger partial charge in [0.25, 0.3) is 0 Å². The van der Waals surface area contributed by atoms with Gasteiger partial charge in [-0.25, -0.2) is 0 Å². The molecule has 2 rings (SSSR count). The summed E-state index contributed by atoms with van der Waals surface area (Å²) in [6.45, 7) is 7.92. The van der Waals surface area contributed by atoms with Gasteiger partial charge in [0.2, 0.25) is 0 Å². The molecule has 94 valence electrons. The molecule has 1 saturated carbocycles. The predicted octanol–water partition coefficient (Wildman–Crippen LogP) is 4.11. The van der Waals surface area contributed by atoms with E-state index in [0.717, 1.165) is 12.5 Å². The van der Waals surface area contributed by atoms with Crippen LogP contribution in [0, 0.1) is 5.92 Å². The van der Waals surface area contributed by atoms with Crippen LogP contribution in [0.15, 0.2) is 28.7 Å². The van der Waals surface area contributed by atoms with Crippen LogP contribution in [0.4, 0.5) is 0 Å². The molecule has 2 unspecified atom stereocenters. The zero-order chi connectivity index (χ0) is 12.5. The van der Waals surface area contributed by atoms with Crippen molar-refractivity contribution in [2.75, 3.05) is 6.54 Å². The molecule has 0 heterocycles. The molecule has 1 aliphatic rings. The monoisotopic (exact) mass is 295 g/mol. The summed E-state index contributed by atoms with van der Waals surface area (Å²) in [5, 5.41) is 3.62. The van der Waals surface area contributed by atoms with Crippen molar-refractivity contribution >= 4 is 15.9 Å². The van der Waals surface area contributed by atoms with Crippen LogP contribution in [0.25, 0.3) is 0 Å². The normalized spacial score (nSPS) is 28.2. The van der Waals surface area contributed by atoms with E-state index < -0.39 is 0 Å². The Kier molecular flexibility index (Phi) is 3.94. The van der Waals surface area contributed by atoms with Gasteiger partial charge in [0.1, 0.15) is 0 Å². The van der Waals surface area contributed by atoms with Gasteiger partial charge < -0.3 is 5.32 Å². The Morgan fingerprint density at radius 1 is 1.47 bits per heavy atom. The van der Waals surface area contributed by atoms with E-state index >= 15 is 0 Å². The molecule has 0 aromatic heterocycles. The molecule has 0 aliphatic heterocycles. The van der Waals surface area contributed by atoms with E-state index in [1.165, 1.54) is 22.9 Å². The van der Waals surface area contributed by atoms with Gasteiger partial charge in [0.05, 0.1) is 0 Å². The standard InChI is InChI=1S/C15H22BrN/c1-11(2)17-10-15(8-7-12(15)3)13-5-4-6-14(16)9-13/h4-6,9,11-12,17H,7-8,10H2,1-3H3. The molecule has 1 aromatic carbocycles. The minimum Gasteiger partial charge on any atom is -0.314 e. The Morgan fingerprint density at radius 2 is 2.24 bits per heavy atom. The van der Waals surface area contributed by atoms with Crippen molar-refractivity contribution < 1.29 is 0 Å². The van der Waals surface area contributed by atoms with Gasteiger partial charge >= 0.3 is 0 Å². The third-order valence-corrected chi connectivity index (χ3v) is 4.69. The topological polar surface area (TPSA) is 12.0 Å². The highest BCUT2D eigenvalue weighted by molar-refractivity contribution is 9.10. The highest BCUT2D eigenvalue weighted by atomic mass is 79.9. The lowest BCUT2D eigenvalue weighted by atomic mass is 9.57. The van der Waals surface area contributed by atoms with Crippen molar-refractivity contribution in [2.45, 2.75) is 45.1 Å². The van der Waals surface area contributed by atoms with Crippen molar-refractivity contribution in [1.82, 2.24) is 5.32 Å². The first-order valence-corrected chi connectivity index (χ1v) is 7.33. The van der Waals surface area contributed by atoms with Gasteiger partial charge in [-0.15, -0.1) is 0 Å². The van der Waals surface area contributed by atoms with E-state index in [0.29, 0.717) is 11.5 Å². The van der Waals surface area contributed by atoms with Crippen LogP contribution in [0.2, 0.25) is 0 Å². The van der Waals surface area contributed by atoms with Gasteiger partial charge in [0, 0.05) is 22.5 Å². The molecular weight excluding hydrogens is 274 g/mol. The molecule has 1 aliphatic carbocycles. The lowest BCUT2D eigenvalue weighted by Crippen LogP contribution is -2.51. The molecule has 1 aromatic rings. The summed E-state index contributed by atoms with van der Waals surface area (Å²) in [7, 11) is 0. The van der Waals surface area contributed by atoms with Crippen LogP contribution in [0.5, 0.6) is 0 Å². The summed E-state index contributed by atoms with van der Waals surface area (Å²) in [6, 6.07) is 9.39. The maximum Gasteiger partial charge on any atom is 0.0178 e. The average Bonchev–Trinajstić information content (AvgIpc) is 2.27. The maximum atomic E-state index is 3.62. The molecule has 0 bridgehead atoms. The van der Waals surface area contributed by atoms with Gasteiger partial charge in [-0.1, -0.05) is 48.8 Å². The molecule has 0 amide bonds. The Balaban J connectivity index is 2.22. The molecule has 2 atom stereocenters. The van der Waals surface area contributed by atoms with Crippen molar-refractivity contribution in [1.29, 1.82) is 0 Å². The van der Waals surface area contributed by atoms with E-state index in [1.54, 1.807) is 0 Å². The second-order valence-corrected chi connectivity index (χ2v) is 6.56. The molecule has 17 heavy (non-hydrogen) atoms. The molecule has 0 saturated heterocycles. The van der Waals surface area contributed by atoms with Crippen LogP contribution >= 0.6 is 15.9 Å². The fourth-order valence-corrected chi connectivity index (χ4v) is 3.16. The Morgan fingerprint density at radius 3 is 2.71 bits per heavy atom. The summed E-state index contributed by atoms with van der Waals surface area (Å²) in [5.41, 5.74) is 1.84. The largest absolute Gasteiger partial charge is 0.314 e. The smallest absolute Gasteiger partial charge is 0.0178 e. The van der Waals surface area contributed by atoms with Crippen molar-refractivity contribution in [3.8, 4) is 0 Å². The van der Waals surface area contributed by atoms with Gasteiger partial charge in [-0.2, -0.15) is 0 Å². The third-order valence-electron chi connectivity index (χ3n) is 4.19. The summed E-state index contributed by atoms with van der Waals surface area (Å²) in [6.07, 6.45) is 2.66. The molecule has 1 N–H and O–H groups in total. The van der Waals surface area contributed by atoms with Gasteiger partial charge in [0.15, 0.2) is 0 Å². The van der Waals surface area contributed by atoms with E-state index in [9.17, 15) is 0 Å². The lowest BCUT2D eigenvalue weighted by molar-refractivity contribution is 0.131. The molecule has 0 radical (unpaired) electrons. The third kappa shape index (κ3) is 2.58. The van der Waals surface area contributed by atoms with E-state index in [4.69, 9.17) is 0 Å². The molecular formula is C15H22BrN. The molecule has 1 nitrogen and oxygen atoms in total. The number of rotatable bonds is 4. The maximum absolute atomic E-state index is 3.62. The van der Waals surface area contributed by atoms with Crippen LogP contribution < -0.4 is 5.32 Å². The molecule has 2 heteroatoms. The predicted molar refractivity (Wildman–Crippen MR) is 77.4 cm³/mol. The second-order valence-electron chi connectivity index (χ2n) is 5.64. The number of hydrogen-bond acceptors (Lipinski definition) is 1. The number of benzene rings is 1. The van der Waals surface area contributed by atoms with Gasteiger partial charge in [-0.3, -0.25) is 0 Å². The Hall–Kier alpha value is -0.340. The van der Waals surface area contributed by atoms with Crippen molar-refractivity contribution in [3.05, 3.63) is 34.3 Å². The number of nitrogens with one attached hydrogen (secondary N) is 1. The second kappa shape index (κ2) is 5.11. The van der Waals surface area contributed by atoms with Crippen LogP contribution in [0.3, 0.4) is 0 Å². The van der Waals surface area contributed by atoms with E-state index in [2.05, 4.69) is 66.3 Å². The number of hydrogen-bond donors (Lipinski definition) is 1. The Labute approximate surface area is 113 Å². The summed E-state index contributed by atoms with van der Waals surface area (Å²) < 4.78 is 1.19. The minimum atomic E-state index is 0.355. The fraction of sp³-hybridized carbons (Fsp3) is 0.600. The first-order chi connectivity index (χ1) is 8.04. The first kappa shape index (κ1) is 13.1. The highest BCUT2D eigenvalue weighted by Gasteiger charge is 2.44. The van der Waals surface area contributed by atoms with Crippen molar-refractivity contribution in [2.24, 2.45) is 5.92 Å². The van der Waals surface area contributed by atoms with Crippen LogP contribution in [-0.2, 0) is 5.41 Å². The number of halogens is 1. The molecule has 1 fully saturated rings. The zero-order valence-electron chi connectivity index (χ0n) is 11.0. The summed E-state index contributed by atoms with van der Waals surface area (Å²) in [4.78, 5) is 0. The summed E-state index contributed by atoms with van der Waals surface area (Å²) in [5.74, 6) is 0.781.